The van der Waals surface area contributed by atoms with E-state index in [4.69, 9.17) is 0 Å². The molecule has 0 aliphatic carbocycles. The van der Waals surface area contributed by atoms with E-state index in [9.17, 15) is 0 Å². The van der Waals surface area contributed by atoms with Crippen LogP contribution in [-0.4, -0.2) is 134 Å². The van der Waals surface area contributed by atoms with Crippen LogP contribution in [0.1, 0.15) is 0 Å². The summed E-state index contributed by atoms with van der Waals surface area (Å²) in [6, 6.07) is 0. The molecule has 0 aliphatic heterocycles. The Balaban J connectivity index is 0. The molecule has 0 spiro atoms. The van der Waals surface area contributed by atoms with E-state index in [0.717, 1.165) is 0 Å². The van der Waals surface area contributed by atoms with Gasteiger partial charge in [-0.2, -0.15) is 0 Å². The van der Waals surface area contributed by atoms with Crippen molar-refractivity contribution in [3.8, 4) is 0 Å². The van der Waals surface area contributed by atoms with Crippen LogP contribution in [0.25, 0.3) is 0 Å². The Bertz CT molecular complexity index is 11.5. The van der Waals surface area contributed by atoms with E-state index in [1.54, 1.807) is 0 Å². The third-order valence-electron chi connectivity index (χ3n) is 0. The van der Waals surface area contributed by atoms with Crippen molar-refractivity contribution in [3.63, 3.8) is 0 Å². The quantitative estimate of drug-likeness (QED) is 0.261. The van der Waals surface area contributed by atoms with E-state index in [0.29, 0.717) is 0 Å². The molecule has 0 N–H and O–H groups in total. The first kappa shape index (κ1) is 47.5. The minimum absolute atomic E-state index is 0. The van der Waals surface area contributed by atoms with Crippen LogP contribution in [0.2, 0.25) is 0 Å². The van der Waals surface area contributed by atoms with Gasteiger partial charge in [0.15, 0.2) is 0 Å². The first-order chi connectivity index (χ1) is 0. The van der Waals surface area contributed by atoms with E-state index >= 15 is 0 Å². The third kappa shape index (κ3) is 23.8. The Morgan fingerprint density at radius 2 is 0.667 bits per heavy atom. The normalized spacial score (nSPS) is 0. The Labute approximate surface area is 131 Å². The molecular weight excluding hydrogens is 566 g/mol. The molecule has 0 heterocycles. The number of hydrogen-bond acceptors (Lipinski definition) is 0. The average molecular weight is 572 g/mol. The van der Waals surface area contributed by atoms with Crippen LogP contribution in [0, 0.1) is 0 Å². The standard InChI is InChI=1S/As.2Ga.2In.Sb.6H/q-3;2*+3;;;-3;;;;;;. The molecule has 6 radical (unpaired) electrons. The van der Waals surface area contributed by atoms with Crippen LogP contribution in [0.15, 0.2) is 0 Å². The molecule has 0 aromatic rings. The van der Waals surface area contributed by atoms with Gasteiger partial charge in [-0.05, 0) is 0 Å². The van der Waals surface area contributed by atoms with E-state index in [-0.39, 0.29) is 134 Å². The van der Waals surface area contributed by atoms with E-state index in [2.05, 4.69) is 0 Å². The molecule has 28 valence electrons. The SMILES string of the molecule is [As-3].[Ga+3].[Ga+3].[In].[In].[SbH6-3]. The fraction of sp³-hybridized carbons (Fsp3) is 0. The summed E-state index contributed by atoms with van der Waals surface area (Å²) in [6.45, 7) is 0. The van der Waals surface area contributed by atoms with Gasteiger partial charge in [0.25, 0.3) is 0 Å². The maximum atomic E-state index is 0. The first-order valence-electron chi connectivity index (χ1n) is 0. The van der Waals surface area contributed by atoms with E-state index < -0.39 is 0 Å². The van der Waals surface area contributed by atoms with Crippen molar-refractivity contribution in [2.45, 2.75) is 0 Å². The van der Waals surface area contributed by atoms with Gasteiger partial charge in [-0.1, -0.05) is 0 Å². The van der Waals surface area contributed by atoms with Crippen molar-refractivity contribution in [1.29, 1.82) is 0 Å². The zero-order chi connectivity index (χ0) is 0. The molecular formula is H6AsGa2In2Sb. The molecule has 0 aromatic carbocycles. The van der Waals surface area contributed by atoms with Gasteiger partial charge in [0, 0.05) is 51.7 Å². The van der Waals surface area contributed by atoms with Crippen molar-refractivity contribution in [2.24, 2.45) is 0 Å². The number of rotatable bonds is 0. The Morgan fingerprint density at radius 1 is 0.667 bits per heavy atom. The summed E-state index contributed by atoms with van der Waals surface area (Å²) in [5, 5.41) is 0. The molecule has 0 saturated carbocycles. The van der Waals surface area contributed by atoms with Crippen molar-refractivity contribution >= 4 is 134 Å². The second-order valence-electron chi connectivity index (χ2n) is 0. The predicted octanol–water partition coefficient (Wildman–Crippen LogP) is -3.89. The molecule has 0 unspecified atom stereocenters. The van der Waals surface area contributed by atoms with Gasteiger partial charge in [-0.3, -0.25) is 0 Å². The second kappa shape index (κ2) is 34.3. The fourth-order valence-corrected chi connectivity index (χ4v) is 0. The summed E-state index contributed by atoms with van der Waals surface area (Å²) in [5.41, 5.74) is 0. The van der Waals surface area contributed by atoms with Gasteiger partial charge in [0.2, 0.25) is 0 Å². The van der Waals surface area contributed by atoms with E-state index in [1.807, 2.05) is 0 Å². The van der Waals surface area contributed by atoms with Crippen molar-refractivity contribution in [2.75, 3.05) is 0 Å². The second-order valence-corrected chi connectivity index (χ2v) is 0. The molecule has 0 amide bonds. The van der Waals surface area contributed by atoms with Crippen molar-refractivity contribution in [3.05, 3.63) is 0 Å². The van der Waals surface area contributed by atoms with Crippen LogP contribution < -0.4 is 0 Å². The molecule has 6 heteroatoms. The molecule has 0 aromatic heterocycles. The van der Waals surface area contributed by atoms with Crippen LogP contribution in [-0.2, 0) is 0 Å². The zero-order valence-electron chi connectivity index (χ0n) is 2.76. The van der Waals surface area contributed by atoms with Crippen LogP contribution >= 0.6 is 0 Å². The zero-order valence-corrected chi connectivity index (χ0v) is 16.1. The Hall–Kier alpha value is 4.39. The Kier molecular flexibility index (Phi) is 272. The van der Waals surface area contributed by atoms with Gasteiger partial charge < -0.3 is 18.0 Å². The summed E-state index contributed by atoms with van der Waals surface area (Å²) in [4.78, 5) is 0. The van der Waals surface area contributed by atoms with Gasteiger partial charge >= 0.3 is 64.0 Å². The molecule has 0 aliphatic rings. The molecule has 6 heavy (non-hydrogen) atoms. The fourth-order valence-electron chi connectivity index (χ4n) is 0. The van der Waals surface area contributed by atoms with Gasteiger partial charge in [-0.15, -0.1) is 0 Å². The van der Waals surface area contributed by atoms with Crippen molar-refractivity contribution in [1.82, 2.24) is 0 Å². The average Bonchev–Trinajstić information content (AvgIpc) is 0. The van der Waals surface area contributed by atoms with Crippen LogP contribution in [0.4, 0.5) is 0 Å². The number of hydrogen-bond donors (Lipinski definition) is 0. The van der Waals surface area contributed by atoms with Crippen molar-refractivity contribution < 1.29 is 0 Å². The summed E-state index contributed by atoms with van der Waals surface area (Å²) in [5.74, 6) is 0. The molecule has 0 rings (SSSR count). The topological polar surface area (TPSA) is 0 Å². The van der Waals surface area contributed by atoms with E-state index in [1.165, 1.54) is 0 Å². The van der Waals surface area contributed by atoms with Gasteiger partial charge in [0.05, 0.1) is 0 Å². The minimum atomic E-state index is 0. The first-order valence-corrected chi connectivity index (χ1v) is 0. The van der Waals surface area contributed by atoms with Crippen LogP contribution in [0.5, 0.6) is 0 Å². The maximum absolute atomic E-state index is 0. The third-order valence-corrected chi connectivity index (χ3v) is 0. The molecule has 0 nitrogen and oxygen atoms in total. The Morgan fingerprint density at radius 3 is 0.667 bits per heavy atom. The molecule has 0 fully saturated rings. The monoisotopic (exact) mass is 570 g/mol. The molecule has 0 bridgehead atoms. The van der Waals surface area contributed by atoms with Gasteiger partial charge in [-0.25, -0.2) is 0 Å². The summed E-state index contributed by atoms with van der Waals surface area (Å²) < 4.78 is 0. The summed E-state index contributed by atoms with van der Waals surface area (Å²) in [7, 11) is 0. The summed E-state index contributed by atoms with van der Waals surface area (Å²) in [6.07, 6.45) is 0. The predicted molar refractivity (Wildman–Crippen MR) is 42.9 cm³/mol. The summed E-state index contributed by atoms with van der Waals surface area (Å²) >= 11 is 0. The van der Waals surface area contributed by atoms with Gasteiger partial charge in [0.1, 0.15) is 0 Å². The molecule has 0 atom stereocenters. The molecule has 0 saturated heterocycles. The van der Waals surface area contributed by atoms with Crippen LogP contribution in [0.3, 0.4) is 0 Å².